The molecule has 0 bridgehead atoms. The number of carboxylic acids is 1. The minimum Gasteiger partial charge on any atom is -0.481 e. The number of hydrogen-bond donors (Lipinski definition) is 2. The number of carbonyl (C=O) groups excluding carboxylic acids is 5. The maximum Gasteiger partial charge on any atom is 0.306 e. The Morgan fingerprint density at radius 2 is 1.62 bits per heavy atom. The highest BCUT2D eigenvalue weighted by Gasteiger charge is 2.46. The van der Waals surface area contributed by atoms with Gasteiger partial charge in [0.1, 0.15) is 6.04 Å². The number of nitrogens with one attached hydrogen (secondary N) is 1. The molecule has 3 fully saturated rings. The van der Waals surface area contributed by atoms with E-state index < -0.39 is 35.6 Å². The molecule has 3 saturated heterocycles. The molecule has 4 aliphatic rings. The van der Waals surface area contributed by atoms with Crippen LogP contribution in [0.25, 0.3) is 0 Å². The molecule has 11 heteroatoms. The zero-order chi connectivity index (χ0) is 26.3. The summed E-state index contributed by atoms with van der Waals surface area (Å²) in [6.07, 6.45) is 3.07. The monoisotopic (exact) mass is 510 g/mol. The van der Waals surface area contributed by atoms with Crippen molar-refractivity contribution in [3.05, 3.63) is 29.3 Å². The van der Waals surface area contributed by atoms with Crippen LogP contribution in [-0.2, 0) is 19.2 Å². The summed E-state index contributed by atoms with van der Waals surface area (Å²) < 4.78 is 0. The molecule has 2 N–H and O–H groups in total. The number of carbonyl (C=O) groups is 6. The topological polar surface area (TPSA) is 144 Å². The maximum atomic E-state index is 13.4. The SMILES string of the molecule is O=C1CCC(N2C(=O)c3cccc(N4CCC(CC(=O)N5CCC(C(=O)O)CC5)CC4)c3C2=O)C(=O)N1. The normalized spacial score (nSPS) is 23.4. The van der Waals surface area contributed by atoms with Gasteiger partial charge in [-0.3, -0.25) is 39.0 Å². The summed E-state index contributed by atoms with van der Waals surface area (Å²) >= 11 is 0. The summed E-state index contributed by atoms with van der Waals surface area (Å²) in [5.74, 6) is -3.02. The van der Waals surface area contributed by atoms with Gasteiger partial charge in [0.25, 0.3) is 11.8 Å². The van der Waals surface area contributed by atoms with Gasteiger partial charge in [-0.1, -0.05) is 6.07 Å². The molecular weight excluding hydrogens is 480 g/mol. The maximum absolute atomic E-state index is 13.4. The summed E-state index contributed by atoms with van der Waals surface area (Å²) in [6, 6.07) is 4.11. The van der Waals surface area contributed by atoms with Gasteiger partial charge in [0, 0.05) is 39.0 Å². The molecule has 4 aliphatic heterocycles. The second-order valence-corrected chi connectivity index (χ2v) is 10.3. The van der Waals surface area contributed by atoms with Crippen molar-refractivity contribution in [2.45, 2.75) is 51.0 Å². The Balaban J connectivity index is 1.22. The Hall–Kier alpha value is -3.76. The lowest BCUT2D eigenvalue weighted by molar-refractivity contribution is -0.146. The van der Waals surface area contributed by atoms with E-state index >= 15 is 0 Å². The number of nitrogens with zero attached hydrogens (tertiary/aromatic N) is 3. The van der Waals surface area contributed by atoms with Crippen molar-refractivity contribution in [3.63, 3.8) is 0 Å². The van der Waals surface area contributed by atoms with Crippen molar-refractivity contribution < 1.29 is 33.9 Å². The highest BCUT2D eigenvalue weighted by atomic mass is 16.4. The largest absolute Gasteiger partial charge is 0.481 e. The molecule has 0 spiro atoms. The predicted octanol–water partition coefficient (Wildman–Crippen LogP) is 1.02. The third kappa shape index (κ3) is 4.70. The van der Waals surface area contributed by atoms with E-state index in [4.69, 9.17) is 5.11 Å². The van der Waals surface area contributed by atoms with E-state index in [0.29, 0.717) is 51.1 Å². The number of benzene rings is 1. The van der Waals surface area contributed by atoms with Gasteiger partial charge in [-0.15, -0.1) is 0 Å². The van der Waals surface area contributed by atoms with Crippen LogP contribution < -0.4 is 10.2 Å². The average Bonchev–Trinajstić information content (AvgIpc) is 3.14. The predicted molar refractivity (Wildman–Crippen MR) is 130 cm³/mol. The minimum atomic E-state index is -1.00. The van der Waals surface area contributed by atoms with Crippen LogP contribution in [0.3, 0.4) is 0 Å². The van der Waals surface area contributed by atoms with E-state index in [1.165, 1.54) is 0 Å². The molecule has 5 rings (SSSR count). The van der Waals surface area contributed by atoms with Crippen molar-refractivity contribution in [2.75, 3.05) is 31.1 Å². The third-order valence-corrected chi connectivity index (χ3v) is 8.06. The molecule has 1 unspecified atom stereocenters. The van der Waals surface area contributed by atoms with Crippen molar-refractivity contribution in [2.24, 2.45) is 11.8 Å². The fourth-order valence-electron chi connectivity index (χ4n) is 5.89. The second kappa shape index (κ2) is 9.95. The van der Waals surface area contributed by atoms with E-state index in [9.17, 15) is 28.8 Å². The fraction of sp³-hybridized carbons (Fsp3) is 0.538. The first-order valence-corrected chi connectivity index (χ1v) is 12.8. The molecule has 196 valence electrons. The molecule has 1 aromatic carbocycles. The standard InChI is InChI=1S/C26H30N4O7/c31-20-5-4-19(23(33)27-20)30-24(34)17-2-1-3-18(22(17)25(30)35)28-10-6-15(7-11-28)14-21(32)29-12-8-16(9-13-29)26(36)37/h1-3,15-16,19H,4-14H2,(H,36,37)(H,27,31,33). The number of amides is 5. The fourth-order valence-corrected chi connectivity index (χ4v) is 5.89. The smallest absolute Gasteiger partial charge is 0.306 e. The molecule has 1 atom stereocenters. The third-order valence-electron chi connectivity index (χ3n) is 8.06. The van der Waals surface area contributed by atoms with Crippen LogP contribution in [0.1, 0.15) is 65.7 Å². The molecule has 11 nitrogen and oxygen atoms in total. The first-order chi connectivity index (χ1) is 17.7. The van der Waals surface area contributed by atoms with Crippen LogP contribution in [-0.4, -0.2) is 82.6 Å². The lowest BCUT2D eigenvalue weighted by atomic mass is 9.91. The molecule has 0 aromatic heterocycles. The van der Waals surface area contributed by atoms with Crippen LogP contribution in [0.15, 0.2) is 18.2 Å². The van der Waals surface area contributed by atoms with E-state index in [1.54, 1.807) is 23.1 Å². The zero-order valence-corrected chi connectivity index (χ0v) is 20.5. The average molecular weight is 511 g/mol. The Kier molecular flexibility index (Phi) is 6.70. The number of imide groups is 2. The highest BCUT2D eigenvalue weighted by molar-refractivity contribution is 6.25. The van der Waals surface area contributed by atoms with Gasteiger partial charge in [-0.05, 0) is 50.2 Å². The Morgan fingerprint density at radius 1 is 0.919 bits per heavy atom. The molecule has 1 aromatic rings. The van der Waals surface area contributed by atoms with Gasteiger partial charge in [0.15, 0.2) is 0 Å². The van der Waals surface area contributed by atoms with Crippen LogP contribution >= 0.6 is 0 Å². The van der Waals surface area contributed by atoms with Crippen LogP contribution in [0.5, 0.6) is 0 Å². The lowest BCUT2D eigenvalue weighted by Gasteiger charge is -2.36. The molecule has 4 heterocycles. The van der Waals surface area contributed by atoms with E-state index in [-0.39, 0.29) is 41.7 Å². The number of anilines is 1. The Labute approximate surface area is 213 Å². The van der Waals surface area contributed by atoms with Gasteiger partial charge >= 0.3 is 5.97 Å². The summed E-state index contributed by atoms with van der Waals surface area (Å²) in [4.78, 5) is 79.1. The van der Waals surface area contributed by atoms with Crippen molar-refractivity contribution >= 4 is 41.2 Å². The van der Waals surface area contributed by atoms with E-state index in [1.807, 2.05) is 0 Å². The second-order valence-electron chi connectivity index (χ2n) is 10.3. The molecule has 0 aliphatic carbocycles. The molecular formula is C26H30N4O7. The van der Waals surface area contributed by atoms with E-state index in [2.05, 4.69) is 10.2 Å². The van der Waals surface area contributed by atoms with Gasteiger partial charge in [0.2, 0.25) is 17.7 Å². The van der Waals surface area contributed by atoms with Crippen molar-refractivity contribution in [1.82, 2.24) is 15.1 Å². The lowest BCUT2D eigenvalue weighted by Crippen LogP contribution is -2.54. The van der Waals surface area contributed by atoms with E-state index in [0.717, 1.165) is 17.7 Å². The molecule has 0 radical (unpaired) electrons. The molecule has 37 heavy (non-hydrogen) atoms. The first kappa shape index (κ1) is 24.9. The van der Waals surface area contributed by atoms with Gasteiger partial charge in [-0.25, -0.2) is 0 Å². The summed E-state index contributed by atoms with van der Waals surface area (Å²) in [5, 5.41) is 11.4. The molecule has 0 saturated carbocycles. The minimum absolute atomic E-state index is 0.0588. The number of fused-ring (bicyclic) bond motifs is 1. The van der Waals surface area contributed by atoms with Gasteiger partial charge < -0.3 is 14.9 Å². The zero-order valence-electron chi connectivity index (χ0n) is 20.5. The molecule has 5 amide bonds. The number of likely N-dealkylation sites (tertiary alicyclic amines) is 1. The number of piperidine rings is 3. The van der Waals surface area contributed by atoms with Crippen LogP contribution in [0.2, 0.25) is 0 Å². The summed E-state index contributed by atoms with van der Waals surface area (Å²) in [5.41, 5.74) is 1.19. The van der Waals surface area contributed by atoms with Gasteiger partial charge in [-0.2, -0.15) is 0 Å². The van der Waals surface area contributed by atoms with Gasteiger partial charge in [0.05, 0.1) is 22.7 Å². The number of hydrogen-bond acceptors (Lipinski definition) is 7. The summed E-state index contributed by atoms with van der Waals surface area (Å²) in [6.45, 7) is 2.19. The summed E-state index contributed by atoms with van der Waals surface area (Å²) in [7, 11) is 0. The van der Waals surface area contributed by atoms with Crippen LogP contribution in [0.4, 0.5) is 5.69 Å². The number of carboxylic acid groups (broad SMARTS) is 1. The Morgan fingerprint density at radius 3 is 2.27 bits per heavy atom. The highest BCUT2D eigenvalue weighted by Crippen LogP contribution is 2.36. The van der Waals surface area contributed by atoms with Crippen molar-refractivity contribution in [1.29, 1.82) is 0 Å². The first-order valence-electron chi connectivity index (χ1n) is 12.8. The van der Waals surface area contributed by atoms with Crippen LogP contribution in [0, 0.1) is 11.8 Å². The number of rotatable bonds is 5. The van der Waals surface area contributed by atoms with Crippen molar-refractivity contribution in [3.8, 4) is 0 Å². The Bertz CT molecular complexity index is 1170. The number of aliphatic carboxylic acids is 1. The quantitative estimate of drug-likeness (QED) is 0.559.